The summed E-state index contributed by atoms with van der Waals surface area (Å²) in [6, 6.07) is 13.5. The smallest absolute Gasteiger partial charge is 0.208 e. The van der Waals surface area contributed by atoms with Crippen LogP contribution in [0, 0.1) is 6.92 Å². The molecule has 1 aliphatic heterocycles. The van der Waals surface area contributed by atoms with Gasteiger partial charge in [-0.25, -0.2) is 21.6 Å². The highest BCUT2D eigenvalue weighted by Crippen LogP contribution is 2.23. The van der Waals surface area contributed by atoms with E-state index in [0.717, 1.165) is 17.5 Å². The molecule has 0 unspecified atom stereocenters. The lowest BCUT2D eigenvalue weighted by Gasteiger charge is -2.31. The van der Waals surface area contributed by atoms with Gasteiger partial charge in [0.1, 0.15) is 0 Å². The normalized spacial score (nSPS) is 17.7. The zero-order valence-electron chi connectivity index (χ0n) is 17.7. The van der Waals surface area contributed by atoms with E-state index in [1.807, 2.05) is 19.1 Å². The Morgan fingerprint density at radius 2 is 1.47 bits per heavy atom. The van der Waals surface area contributed by atoms with Gasteiger partial charge < -0.3 is 0 Å². The molecule has 1 atom stereocenters. The molecule has 2 aromatic rings. The van der Waals surface area contributed by atoms with Gasteiger partial charge in [-0.3, -0.25) is 0 Å². The highest BCUT2D eigenvalue weighted by molar-refractivity contribution is 7.89. The quantitative estimate of drug-likeness (QED) is 0.698. The van der Waals surface area contributed by atoms with Crippen molar-refractivity contribution in [2.75, 3.05) is 13.1 Å². The Labute approximate surface area is 180 Å². The molecule has 8 heteroatoms. The van der Waals surface area contributed by atoms with Gasteiger partial charge in [0.25, 0.3) is 0 Å². The van der Waals surface area contributed by atoms with Crippen molar-refractivity contribution < 1.29 is 16.8 Å². The molecule has 3 rings (SSSR count). The summed E-state index contributed by atoms with van der Waals surface area (Å²) in [6.45, 7) is 6.70. The van der Waals surface area contributed by atoms with Crippen LogP contribution in [0.4, 0.5) is 0 Å². The van der Waals surface area contributed by atoms with E-state index in [0.29, 0.717) is 18.8 Å². The molecule has 2 aromatic carbocycles. The lowest BCUT2D eigenvalue weighted by atomic mass is 9.99. The molecule has 0 amide bonds. The van der Waals surface area contributed by atoms with E-state index in [1.165, 1.54) is 4.31 Å². The van der Waals surface area contributed by atoms with Crippen LogP contribution in [0.1, 0.15) is 50.2 Å². The van der Waals surface area contributed by atoms with Gasteiger partial charge in [-0.2, -0.15) is 4.31 Å². The average molecular weight is 451 g/mol. The second kappa shape index (κ2) is 9.18. The molecule has 0 bridgehead atoms. The van der Waals surface area contributed by atoms with Crippen molar-refractivity contribution in [2.45, 2.75) is 61.8 Å². The summed E-state index contributed by atoms with van der Waals surface area (Å²) in [6.07, 6.45) is 1.87. The largest absolute Gasteiger partial charge is 0.243 e. The number of benzene rings is 2. The van der Waals surface area contributed by atoms with E-state index >= 15 is 0 Å². The Bertz CT molecular complexity index is 1060. The van der Waals surface area contributed by atoms with Gasteiger partial charge in [0.15, 0.2) is 0 Å². The summed E-state index contributed by atoms with van der Waals surface area (Å²) in [5, 5.41) is 0. The van der Waals surface area contributed by atoms with Crippen LogP contribution in [0.15, 0.2) is 58.3 Å². The Morgan fingerprint density at radius 3 is 2.00 bits per heavy atom. The molecular formula is C22H30N2O4S2. The summed E-state index contributed by atoms with van der Waals surface area (Å²) >= 11 is 0. The van der Waals surface area contributed by atoms with Crippen molar-refractivity contribution in [3.05, 3.63) is 59.7 Å². The molecule has 0 saturated carbocycles. The standard InChI is InChI=1S/C22H30N2O4S2/c1-4-18(3)19-7-11-21(12-8-19)29(25,26)23-20-13-15-24(16-14-20)30(27,28)22-9-5-17(2)6-10-22/h5-12,18,20,23H,4,13-16H2,1-3H3/t18-/m1/s1. The summed E-state index contributed by atoms with van der Waals surface area (Å²) in [7, 11) is -7.19. The highest BCUT2D eigenvalue weighted by Gasteiger charge is 2.31. The minimum atomic E-state index is -3.64. The number of nitrogens with one attached hydrogen (secondary N) is 1. The molecule has 1 heterocycles. The zero-order chi connectivity index (χ0) is 21.9. The van der Waals surface area contributed by atoms with Crippen LogP contribution in [0.2, 0.25) is 0 Å². The summed E-state index contributed by atoms with van der Waals surface area (Å²) in [5.74, 6) is 0.384. The number of nitrogens with zero attached hydrogens (tertiary/aromatic N) is 1. The fourth-order valence-electron chi connectivity index (χ4n) is 3.57. The maximum absolute atomic E-state index is 12.8. The first-order chi connectivity index (χ1) is 14.1. The monoisotopic (exact) mass is 450 g/mol. The van der Waals surface area contributed by atoms with Crippen LogP contribution < -0.4 is 4.72 Å². The first-order valence-electron chi connectivity index (χ1n) is 10.3. The predicted molar refractivity (Wildman–Crippen MR) is 118 cm³/mol. The van der Waals surface area contributed by atoms with E-state index < -0.39 is 20.0 Å². The lowest BCUT2D eigenvalue weighted by molar-refractivity contribution is 0.308. The van der Waals surface area contributed by atoms with Crippen molar-refractivity contribution >= 4 is 20.0 Å². The van der Waals surface area contributed by atoms with Gasteiger partial charge in [-0.15, -0.1) is 0 Å². The van der Waals surface area contributed by atoms with Crippen molar-refractivity contribution in [2.24, 2.45) is 0 Å². The van der Waals surface area contributed by atoms with Crippen molar-refractivity contribution in [1.82, 2.24) is 9.03 Å². The van der Waals surface area contributed by atoms with Crippen LogP contribution >= 0.6 is 0 Å². The minimum Gasteiger partial charge on any atom is -0.208 e. The van der Waals surface area contributed by atoms with Gasteiger partial charge in [0.2, 0.25) is 20.0 Å². The Morgan fingerprint density at radius 1 is 0.933 bits per heavy atom. The molecule has 30 heavy (non-hydrogen) atoms. The van der Waals surface area contributed by atoms with E-state index in [-0.39, 0.29) is 28.9 Å². The fourth-order valence-corrected chi connectivity index (χ4v) is 6.35. The van der Waals surface area contributed by atoms with Crippen molar-refractivity contribution in [1.29, 1.82) is 0 Å². The van der Waals surface area contributed by atoms with Gasteiger partial charge in [-0.05, 0) is 61.9 Å². The third-order valence-electron chi connectivity index (χ3n) is 5.81. The zero-order valence-corrected chi connectivity index (χ0v) is 19.3. The van der Waals surface area contributed by atoms with Crippen LogP contribution in [0.25, 0.3) is 0 Å². The molecule has 164 valence electrons. The second-order valence-corrected chi connectivity index (χ2v) is 11.6. The molecule has 1 N–H and O–H groups in total. The van der Waals surface area contributed by atoms with Crippen molar-refractivity contribution in [3.63, 3.8) is 0 Å². The Kier molecular flexibility index (Phi) is 7.02. The predicted octanol–water partition coefficient (Wildman–Crippen LogP) is 3.64. The molecule has 1 fully saturated rings. The van der Waals surface area contributed by atoms with Gasteiger partial charge >= 0.3 is 0 Å². The maximum Gasteiger partial charge on any atom is 0.243 e. The molecule has 1 saturated heterocycles. The van der Waals surface area contributed by atoms with E-state index in [2.05, 4.69) is 18.6 Å². The third-order valence-corrected chi connectivity index (χ3v) is 9.26. The van der Waals surface area contributed by atoms with Gasteiger partial charge in [0.05, 0.1) is 9.79 Å². The highest BCUT2D eigenvalue weighted by atomic mass is 32.2. The van der Waals surface area contributed by atoms with Crippen LogP contribution in [-0.4, -0.2) is 40.3 Å². The fraction of sp³-hybridized carbons (Fsp3) is 0.455. The molecule has 1 aliphatic rings. The minimum absolute atomic E-state index is 0.240. The van der Waals surface area contributed by atoms with E-state index in [9.17, 15) is 16.8 Å². The average Bonchev–Trinajstić information content (AvgIpc) is 2.73. The number of piperidine rings is 1. The summed E-state index contributed by atoms with van der Waals surface area (Å²) < 4.78 is 55.3. The van der Waals surface area contributed by atoms with Crippen LogP contribution in [0.3, 0.4) is 0 Å². The molecule has 6 nitrogen and oxygen atoms in total. The number of hydrogen-bond donors (Lipinski definition) is 1. The van der Waals surface area contributed by atoms with Gasteiger partial charge in [-0.1, -0.05) is 43.7 Å². The number of hydrogen-bond acceptors (Lipinski definition) is 4. The lowest BCUT2D eigenvalue weighted by Crippen LogP contribution is -2.46. The Balaban J connectivity index is 1.63. The summed E-state index contributed by atoms with van der Waals surface area (Å²) in [5.41, 5.74) is 2.12. The first kappa shape index (κ1) is 22.9. The topological polar surface area (TPSA) is 83.6 Å². The molecule has 0 radical (unpaired) electrons. The Hall–Kier alpha value is -1.74. The van der Waals surface area contributed by atoms with E-state index in [1.54, 1.807) is 36.4 Å². The number of sulfonamides is 2. The van der Waals surface area contributed by atoms with Gasteiger partial charge in [0, 0.05) is 19.1 Å². The summed E-state index contributed by atoms with van der Waals surface area (Å²) in [4.78, 5) is 0.512. The van der Waals surface area contributed by atoms with Crippen LogP contribution in [0.5, 0.6) is 0 Å². The molecular weight excluding hydrogens is 420 g/mol. The number of aryl methyl sites for hydroxylation is 1. The molecule has 0 aliphatic carbocycles. The molecule has 0 spiro atoms. The third kappa shape index (κ3) is 5.11. The van der Waals surface area contributed by atoms with Crippen molar-refractivity contribution in [3.8, 4) is 0 Å². The first-order valence-corrected chi connectivity index (χ1v) is 13.2. The van der Waals surface area contributed by atoms with E-state index in [4.69, 9.17) is 0 Å². The maximum atomic E-state index is 12.8. The SMILES string of the molecule is CC[C@@H](C)c1ccc(S(=O)(=O)NC2CCN(S(=O)(=O)c3ccc(C)cc3)CC2)cc1. The molecule has 0 aromatic heterocycles. The second-order valence-electron chi connectivity index (χ2n) is 7.99. The van der Waals surface area contributed by atoms with Crippen LogP contribution in [-0.2, 0) is 20.0 Å². The number of rotatable bonds is 7.